The lowest BCUT2D eigenvalue weighted by Crippen LogP contribution is -2.35. The fraction of sp³-hybridized carbons (Fsp3) is 0.471. The predicted octanol–water partition coefficient (Wildman–Crippen LogP) is 3.11. The van der Waals surface area contributed by atoms with Gasteiger partial charge in [0.05, 0.1) is 13.2 Å². The largest absolute Gasteiger partial charge is 0.505 e. The lowest BCUT2D eigenvalue weighted by molar-refractivity contribution is 0.0343. The van der Waals surface area contributed by atoms with Crippen molar-refractivity contribution in [3.63, 3.8) is 0 Å². The van der Waals surface area contributed by atoms with Gasteiger partial charge in [-0.15, -0.1) is 0 Å². The molecule has 0 unspecified atom stereocenters. The third kappa shape index (κ3) is 3.52. The van der Waals surface area contributed by atoms with E-state index in [4.69, 9.17) is 4.74 Å². The number of benzene rings is 1. The Balaban J connectivity index is 0.000000774. The highest BCUT2D eigenvalue weighted by Crippen LogP contribution is 2.30. The van der Waals surface area contributed by atoms with Crippen molar-refractivity contribution in [3.05, 3.63) is 35.5 Å². The van der Waals surface area contributed by atoms with Crippen LogP contribution in [0.5, 0.6) is 5.75 Å². The first kappa shape index (κ1) is 15.7. The van der Waals surface area contributed by atoms with Crippen molar-refractivity contribution >= 4 is 10.9 Å². The van der Waals surface area contributed by atoms with Gasteiger partial charge in [0.15, 0.2) is 0 Å². The van der Waals surface area contributed by atoms with Gasteiger partial charge in [-0.1, -0.05) is 26.0 Å². The third-order valence-electron chi connectivity index (χ3n) is 3.64. The number of hydrogen-bond acceptors (Lipinski definition) is 4. The molecule has 1 aromatic heterocycles. The predicted molar refractivity (Wildman–Crippen MR) is 85.6 cm³/mol. The molecule has 1 aliphatic rings. The average molecular weight is 288 g/mol. The molecule has 21 heavy (non-hydrogen) atoms. The van der Waals surface area contributed by atoms with Crippen molar-refractivity contribution in [1.82, 2.24) is 9.88 Å². The summed E-state index contributed by atoms with van der Waals surface area (Å²) in [7, 11) is 0. The van der Waals surface area contributed by atoms with Crippen molar-refractivity contribution < 1.29 is 9.84 Å². The van der Waals surface area contributed by atoms with E-state index >= 15 is 0 Å². The molecule has 4 heteroatoms. The summed E-state index contributed by atoms with van der Waals surface area (Å²) >= 11 is 0. The Bertz CT molecular complexity index is 593. The molecule has 0 saturated carbocycles. The van der Waals surface area contributed by atoms with Crippen molar-refractivity contribution in [2.75, 3.05) is 26.3 Å². The van der Waals surface area contributed by atoms with Crippen LogP contribution in [-0.2, 0) is 11.3 Å². The smallest absolute Gasteiger partial charge is 0.144 e. The number of pyridine rings is 1. The number of fused-ring (bicyclic) bond motifs is 1. The molecule has 1 fully saturated rings. The lowest BCUT2D eigenvalue weighted by Gasteiger charge is -2.27. The molecule has 0 radical (unpaired) electrons. The summed E-state index contributed by atoms with van der Waals surface area (Å²) in [5, 5.41) is 11.1. The van der Waals surface area contributed by atoms with Crippen LogP contribution < -0.4 is 0 Å². The van der Waals surface area contributed by atoms with Gasteiger partial charge >= 0.3 is 0 Å². The molecule has 2 heterocycles. The molecule has 1 aromatic carbocycles. The number of hydrogen-bond donors (Lipinski definition) is 1. The van der Waals surface area contributed by atoms with Gasteiger partial charge in [0, 0.05) is 31.2 Å². The van der Waals surface area contributed by atoms with Crippen LogP contribution in [0.25, 0.3) is 10.9 Å². The van der Waals surface area contributed by atoms with Crippen LogP contribution in [0, 0.1) is 6.92 Å². The van der Waals surface area contributed by atoms with Gasteiger partial charge in [0.2, 0.25) is 0 Å². The van der Waals surface area contributed by atoms with Crippen LogP contribution in [0.3, 0.4) is 0 Å². The maximum atomic E-state index is 10.1. The second-order valence-corrected chi connectivity index (χ2v) is 4.99. The van der Waals surface area contributed by atoms with E-state index in [9.17, 15) is 5.11 Å². The molecule has 1 saturated heterocycles. The number of rotatable bonds is 2. The van der Waals surface area contributed by atoms with Gasteiger partial charge < -0.3 is 9.84 Å². The topological polar surface area (TPSA) is 45.6 Å². The monoisotopic (exact) mass is 288 g/mol. The zero-order chi connectivity index (χ0) is 15.2. The van der Waals surface area contributed by atoms with Gasteiger partial charge in [0.1, 0.15) is 11.3 Å². The number of aryl methyl sites for hydroxylation is 1. The minimum Gasteiger partial charge on any atom is -0.505 e. The van der Waals surface area contributed by atoms with E-state index in [2.05, 4.69) is 16.0 Å². The molecule has 1 aliphatic heterocycles. The quantitative estimate of drug-likeness (QED) is 0.922. The van der Waals surface area contributed by atoms with E-state index in [1.807, 2.05) is 32.9 Å². The van der Waals surface area contributed by atoms with Crippen LogP contribution in [0.15, 0.2) is 24.4 Å². The van der Waals surface area contributed by atoms with Gasteiger partial charge in [0.25, 0.3) is 0 Å². The SMILES string of the molecule is CC.Cc1cc(CN2CCOCC2)c2cccnc2c1O. The third-order valence-corrected chi connectivity index (χ3v) is 3.64. The summed E-state index contributed by atoms with van der Waals surface area (Å²) in [5.74, 6) is 0.293. The fourth-order valence-electron chi connectivity index (χ4n) is 2.58. The van der Waals surface area contributed by atoms with Gasteiger partial charge in [-0.3, -0.25) is 9.88 Å². The second kappa shape index (κ2) is 7.38. The number of phenolic OH excluding ortho intramolecular Hbond substituents is 1. The highest BCUT2D eigenvalue weighted by Gasteiger charge is 2.15. The summed E-state index contributed by atoms with van der Waals surface area (Å²) < 4.78 is 5.37. The van der Waals surface area contributed by atoms with Crippen molar-refractivity contribution in [2.24, 2.45) is 0 Å². The highest BCUT2D eigenvalue weighted by atomic mass is 16.5. The molecule has 114 valence electrons. The first-order chi connectivity index (χ1) is 10.3. The van der Waals surface area contributed by atoms with Crippen LogP contribution in [0.4, 0.5) is 0 Å². The van der Waals surface area contributed by atoms with Gasteiger partial charge in [-0.25, -0.2) is 0 Å². The molecule has 0 bridgehead atoms. The Kier molecular flexibility index (Phi) is 5.53. The van der Waals surface area contributed by atoms with Crippen LogP contribution in [0.2, 0.25) is 0 Å². The lowest BCUT2D eigenvalue weighted by atomic mass is 10.0. The van der Waals surface area contributed by atoms with Crippen LogP contribution in [0.1, 0.15) is 25.0 Å². The standard InChI is InChI=1S/C15H18N2O2.C2H6/c1-11-9-12(10-17-5-7-19-8-6-17)13-3-2-4-16-14(13)15(11)18;1-2/h2-4,9,18H,5-8,10H2,1H3;1-2H3. The normalized spacial score (nSPS) is 15.6. The maximum Gasteiger partial charge on any atom is 0.144 e. The zero-order valence-corrected chi connectivity index (χ0v) is 13.1. The molecule has 0 amide bonds. The van der Waals surface area contributed by atoms with Gasteiger partial charge in [-0.05, 0) is 24.1 Å². The van der Waals surface area contributed by atoms with E-state index in [0.29, 0.717) is 11.3 Å². The molecule has 2 aromatic rings. The summed E-state index contributed by atoms with van der Waals surface area (Å²) in [4.78, 5) is 6.68. The summed E-state index contributed by atoms with van der Waals surface area (Å²) in [6.45, 7) is 10.3. The molecule has 1 N–H and O–H groups in total. The molecule has 0 aliphatic carbocycles. The number of aromatic nitrogens is 1. The molecular formula is C17H24N2O2. The minimum atomic E-state index is 0.293. The number of morpholine rings is 1. The van der Waals surface area contributed by atoms with Crippen molar-refractivity contribution in [1.29, 1.82) is 0 Å². The van der Waals surface area contributed by atoms with Gasteiger partial charge in [-0.2, -0.15) is 0 Å². The number of aromatic hydroxyl groups is 1. The Hall–Kier alpha value is -1.65. The van der Waals surface area contributed by atoms with Crippen molar-refractivity contribution in [3.8, 4) is 5.75 Å². The van der Waals surface area contributed by atoms with Crippen LogP contribution >= 0.6 is 0 Å². The first-order valence-corrected chi connectivity index (χ1v) is 7.62. The molecular weight excluding hydrogens is 264 g/mol. The number of ether oxygens (including phenoxy) is 1. The number of phenols is 1. The Morgan fingerprint density at radius 3 is 2.71 bits per heavy atom. The summed E-state index contributed by atoms with van der Waals surface area (Å²) in [5.41, 5.74) is 2.81. The fourth-order valence-corrected chi connectivity index (χ4v) is 2.58. The van der Waals surface area contributed by atoms with E-state index in [1.165, 1.54) is 5.56 Å². The van der Waals surface area contributed by atoms with E-state index in [0.717, 1.165) is 43.8 Å². The average Bonchev–Trinajstić information content (AvgIpc) is 2.55. The summed E-state index contributed by atoms with van der Waals surface area (Å²) in [6, 6.07) is 6.01. The van der Waals surface area contributed by atoms with E-state index in [-0.39, 0.29) is 0 Å². The first-order valence-electron chi connectivity index (χ1n) is 7.62. The van der Waals surface area contributed by atoms with E-state index in [1.54, 1.807) is 6.20 Å². The number of nitrogens with zero attached hydrogens (tertiary/aromatic N) is 2. The maximum absolute atomic E-state index is 10.1. The zero-order valence-electron chi connectivity index (χ0n) is 13.1. The molecule has 4 nitrogen and oxygen atoms in total. The summed E-state index contributed by atoms with van der Waals surface area (Å²) in [6.07, 6.45) is 1.72. The Morgan fingerprint density at radius 1 is 1.29 bits per heavy atom. The van der Waals surface area contributed by atoms with E-state index < -0.39 is 0 Å². The molecule has 0 spiro atoms. The van der Waals surface area contributed by atoms with Crippen LogP contribution in [-0.4, -0.2) is 41.3 Å². The molecule has 3 rings (SSSR count). The highest BCUT2D eigenvalue weighted by molar-refractivity contribution is 5.88. The van der Waals surface area contributed by atoms with Crippen molar-refractivity contribution in [2.45, 2.75) is 27.3 Å². The second-order valence-electron chi connectivity index (χ2n) is 4.99. The minimum absolute atomic E-state index is 0.293. The Labute approximate surface area is 126 Å². The Morgan fingerprint density at radius 2 is 2.00 bits per heavy atom. The molecule has 0 atom stereocenters.